The van der Waals surface area contributed by atoms with Gasteiger partial charge >= 0.3 is 5.69 Å². The molecule has 1 aliphatic rings. The highest BCUT2D eigenvalue weighted by Gasteiger charge is 2.15. The quantitative estimate of drug-likeness (QED) is 0.570. The van der Waals surface area contributed by atoms with Crippen molar-refractivity contribution in [3.8, 4) is 11.4 Å². The van der Waals surface area contributed by atoms with E-state index >= 15 is 0 Å². The lowest BCUT2D eigenvalue weighted by Crippen LogP contribution is -2.39. The van der Waals surface area contributed by atoms with E-state index in [1.54, 1.807) is 0 Å². The molecule has 1 N–H and O–H groups in total. The lowest BCUT2D eigenvalue weighted by molar-refractivity contribution is 0.0378. The minimum Gasteiger partial charge on any atom is -0.379 e. The van der Waals surface area contributed by atoms with Crippen LogP contribution in [-0.2, 0) is 4.74 Å². The average Bonchev–Trinajstić information content (AvgIpc) is 2.79. The fourth-order valence-electron chi connectivity index (χ4n) is 3.68. The van der Waals surface area contributed by atoms with Crippen molar-refractivity contribution in [1.82, 2.24) is 14.0 Å². The fraction of sp³-hybridized carbons (Fsp3) is 0.304. The summed E-state index contributed by atoms with van der Waals surface area (Å²) in [5.74, 6) is -0.597. The largest absolute Gasteiger partial charge is 0.379 e. The maximum absolute atomic E-state index is 13.5. The number of rotatable bonds is 7. The highest BCUT2D eigenvalue weighted by Crippen LogP contribution is 2.14. The summed E-state index contributed by atoms with van der Waals surface area (Å²) in [4.78, 5) is 28.4. The molecule has 9 heteroatoms. The molecule has 1 aromatic heterocycles. The van der Waals surface area contributed by atoms with Gasteiger partial charge in [0.1, 0.15) is 17.5 Å². The SMILES string of the molecule is O=c1cc(NCCCN2CCOCC2)n(-c2ccc(F)cc2)c(=O)n1-c1ccc(F)cc1. The van der Waals surface area contributed by atoms with E-state index in [4.69, 9.17) is 4.74 Å². The second-order valence-corrected chi connectivity index (χ2v) is 7.51. The van der Waals surface area contributed by atoms with Crippen LogP contribution in [0.3, 0.4) is 0 Å². The molecule has 168 valence electrons. The van der Waals surface area contributed by atoms with Crippen LogP contribution in [0, 0.1) is 11.6 Å². The number of hydrogen-bond acceptors (Lipinski definition) is 5. The molecule has 7 nitrogen and oxygen atoms in total. The van der Waals surface area contributed by atoms with E-state index in [1.165, 1.54) is 59.2 Å². The molecular weight excluding hydrogens is 418 g/mol. The van der Waals surface area contributed by atoms with Crippen molar-refractivity contribution in [3.05, 3.63) is 87.1 Å². The Morgan fingerprint density at radius 3 is 2.00 bits per heavy atom. The van der Waals surface area contributed by atoms with Gasteiger partial charge < -0.3 is 10.1 Å². The number of nitrogens with one attached hydrogen (secondary N) is 1. The van der Waals surface area contributed by atoms with Gasteiger partial charge in [-0.05, 0) is 61.5 Å². The molecule has 0 unspecified atom stereocenters. The molecule has 0 saturated carbocycles. The number of hydrogen-bond donors (Lipinski definition) is 1. The Morgan fingerprint density at radius 1 is 0.844 bits per heavy atom. The highest BCUT2D eigenvalue weighted by molar-refractivity contribution is 5.46. The number of anilines is 1. The van der Waals surface area contributed by atoms with Crippen LogP contribution in [0.2, 0.25) is 0 Å². The van der Waals surface area contributed by atoms with Gasteiger partial charge in [-0.2, -0.15) is 0 Å². The Bertz CT molecular complexity index is 1170. The highest BCUT2D eigenvalue weighted by atomic mass is 19.1. The zero-order chi connectivity index (χ0) is 22.5. The van der Waals surface area contributed by atoms with Gasteiger partial charge in [-0.3, -0.25) is 9.69 Å². The molecular formula is C23H24F2N4O3. The van der Waals surface area contributed by atoms with Crippen molar-refractivity contribution in [1.29, 1.82) is 0 Å². The number of halogens is 2. The first-order valence-corrected chi connectivity index (χ1v) is 10.5. The van der Waals surface area contributed by atoms with Gasteiger partial charge in [-0.25, -0.2) is 22.7 Å². The lowest BCUT2D eigenvalue weighted by atomic mass is 10.3. The van der Waals surface area contributed by atoms with Gasteiger partial charge in [0, 0.05) is 25.7 Å². The number of ether oxygens (including phenoxy) is 1. The third kappa shape index (κ3) is 4.95. The Balaban J connectivity index is 1.65. The molecule has 0 atom stereocenters. The molecule has 0 amide bonds. The monoisotopic (exact) mass is 442 g/mol. The number of benzene rings is 2. The topological polar surface area (TPSA) is 68.5 Å². The van der Waals surface area contributed by atoms with Crippen LogP contribution in [0.25, 0.3) is 11.4 Å². The van der Waals surface area contributed by atoms with Crippen molar-refractivity contribution in [3.63, 3.8) is 0 Å². The lowest BCUT2D eigenvalue weighted by Gasteiger charge is -2.26. The average molecular weight is 442 g/mol. The summed E-state index contributed by atoms with van der Waals surface area (Å²) in [6, 6.07) is 11.8. The van der Waals surface area contributed by atoms with E-state index in [-0.39, 0.29) is 5.69 Å². The van der Waals surface area contributed by atoms with Crippen LogP contribution in [-0.4, -0.2) is 53.4 Å². The second kappa shape index (κ2) is 9.88. The smallest absolute Gasteiger partial charge is 0.341 e. The molecule has 2 aromatic carbocycles. The van der Waals surface area contributed by atoms with E-state index in [2.05, 4.69) is 10.2 Å². The zero-order valence-corrected chi connectivity index (χ0v) is 17.5. The van der Waals surface area contributed by atoms with Crippen LogP contribution in [0.4, 0.5) is 14.6 Å². The fourth-order valence-corrected chi connectivity index (χ4v) is 3.68. The van der Waals surface area contributed by atoms with Crippen LogP contribution < -0.4 is 16.6 Å². The first-order chi connectivity index (χ1) is 15.5. The first-order valence-electron chi connectivity index (χ1n) is 10.5. The molecule has 2 heterocycles. The molecule has 0 bridgehead atoms. The maximum Gasteiger partial charge on any atom is 0.341 e. The minimum absolute atomic E-state index is 0.246. The molecule has 1 aliphatic heterocycles. The van der Waals surface area contributed by atoms with Gasteiger partial charge in [-0.15, -0.1) is 0 Å². The summed E-state index contributed by atoms with van der Waals surface area (Å²) in [5, 5.41) is 3.17. The van der Waals surface area contributed by atoms with E-state index in [9.17, 15) is 18.4 Å². The number of morpholine rings is 1. The standard InChI is InChI=1S/C23H24F2N4O3/c24-17-2-6-19(7-3-17)28-21(26-10-1-11-27-12-14-32-15-13-27)16-22(30)29(23(28)31)20-8-4-18(25)5-9-20/h2-9,16,26H,1,10-15H2. The second-order valence-electron chi connectivity index (χ2n) is 7.51. The van der Waals surface area contributed by atoms with Crippen molar-refractivity contribution < 1.29 is 13.5 Å². The van der Waals surface area contributed by atoms with E-state index in [0.29, 0.717) is 18.1 Å². The summed E-state index contributed by atoms with van der Waals surface area (Å²) >= 11 is 0. The Morgan fingerprint density at radius 2 is 1.41 bits per heavy atom. The van der Waals surface area contributed by atoms with Crippen molar-refractivity contribution in [2.24, 2.45) is 0 Å². The zero-order valence-electron chi connectivity index (χ0n) is 17.5. The number of nitrogens with zero attached hydrogens (tertiary/aromatic N) is 3. The van der Waals surface area contributed by atoms with Gasteiger partial charge in [0.2, 0.25) is 0 Å². The molecule has 32 heavy (non-hydrogen) atoms. The molecule has 0 aliphatic carbocycles. The van der Waals surface area contributed by atoms with E-state index in [1.807, 2.05) is 0 Å². The summed E-state index contributed by atoms with van der Waals surface area (Å²) in [7, 11) is 0. The predicted octanol–water partition coefficient (Wildman–Crippen LogP) is 2.40. The molecule has 1 saturated heterocycles. The van der Waals surface area contributed by atoms with Crippen molar-refractivity contribution >= 4 is 5.82 Å². The predicted molar refractivity (Wildman–Crippen MR) is 118 cm³/mol. The maximum atomic E-state index is 13.5. The van der Waals surface area contributed by atoms with Crippen molar-refractivity contribution in [2.45, 2.75) is 6.42 Å². The van der Waals surface area contributed by atoms with Crippen LogP contribution >= 0.6 is 0 Å². The van der Waals surface area contributed by atoms with E-state index in [0.717, 1.165) is 43.8 Å². The van der Waals surface area contributed by atoms with Gasteiger partial charge in [0.15, 0.2) is 0 Å². The Hall–Kier alpha value is -3.30. The third-order valence-electron chi connectivity index (χ3n) is 5.33. The normalized spacial score (nSPS) is 14.4. The summed E-state index contributed by atoms with van der Waals surface area (Å²) in [6.45, 7) is 4.61. The summed E-state index contributed by atoms with van der Waals surface area (Å²) in [6.07, 6.45) is 0.804. The van der Waals surface area contributed by atoms with Crippen LogP contribution in [0.15, 0.2) is 64.2 Å². The summed E-state index contributed by atoms with van der Waals surface area (Å²) in [5.41, 5.74) is -0.527. The number of aromatic nitrogens is 2. The Kier molecular flexibility index (Phi) is 6.77. The van der Waals surface area contributed by atoms with Crippen LogP contribution in [0.1, 0.15) is 6.42 Å². The molecule has 0 spiro atoms. The third-order valence-corrected chi connectivity index (χ3v) is 5.33. The molecule has 1 fully saturated rings. The molecule has 0 radical (unpaired) electrons. The van der Waals surface area contributed by atoms with Crippen molar-refractivity contribution in [2.75, 3.05) is 44.7 Å². The molecule has 3 aromatic rings. The van der Waals surface area contributed by atoms with Gasteiger partial charge in [0.05, 0.1) is 24.6 Å². The molecule has 4 rings (SSSR count). The Labute approximate surface area is 183 Å². The first kappa shape index (κ1) is 21.9. The van der Waals surface area contributed by atoms with Gasteiger partial charge in [0.25, 0.3) is 5.56 Å². The summed E-state index contributed by atoms with van der Waals surface area (Å²) < 4.78 is 34.4. The van der Waals surface area contributed by atoms with E-state index < -0.39 is 22.9 Å². The van der Waals surface area contributed by atoms with Gasteiger partial charge in [-0.1, -0.05) is 0 Å². The van der Waals surface area contributed by atoms with Crippen LogP contribution in [0.5, 0.6) is 0 Å². The minimum atomic E-state index is -0.633.